The van der Waals surface area contributed by atoms with E-state index in [1.54, 1.807) is 31.3 Å². The quantitative estimate of drug-likeness (QED) is 0.913. The number of halogens is 1. The summed E-state index contributed by atoms with van der Waals surface area (Å²) in [5.74, 6) is -1.01. The molecule has 0 atom stereocenters. The summed E-state index contributed by atoms with van der Waals surface area (Å²) in [6, 6.07) is 9.33. The van der Waals surface area contributed by atoms with Crippen LogP contribution in [-0.2, 0) is 11.3 Å². The van der Waals surface area contributed by atoms with E-state index in [0.717, 1.165) is 0 Å². The highest BCUT2D eigenvalue weighted by Crippen LogP contribution is 2.08. The first-order valence-corrected chi connectivity index (χ1v) is 6.37. The number of amides is 2. The van der Waals surface area contributed by atoms with Crippen LogP contribution in [0.3, 0.4) is 0 Å². The molecule has 1 aromatic carbocycles. The number of likely N-dealkylation sites (N-methyl/N-ethyl adjacent to an activating group) is 1. The fourth-order valence-corrected chi connectivity index (χ4v) is 1.76. The van der Waals surface area contributed by atoms with E-state index in [2.05, 4.69) is 5.32 Å². The number of rotatable bonds is 5. The lowest BCUT2D eigenvalue weighted by Gasteiger charge is -2.17. The summed E-state index contributed by atoms with van der Waals surface area (Å²) in [6.07, 6.45) is 1.38. The summed E-state index contributed by atoms with van der Waals surface area (Å²) in [5.41, 5.74) is 0.422. The number of benzene rings is 1. The van der Waals surface area contributed by atoms with Gasteiger partial charge >= 0.3 is 0 Å². The van der Waals surface area contributed by atoms with Crippen molar-refractivity contribution in [2.45, 2.75) is 6.54 Å². The van der Waals surface area contributed by atoms with Gasteiger partial charge in [-0.15, -0.1) is 0 Å². The minimum absolute atomic E-state index is 0.138. The fourth-order valence-electron chi connectivity index (χ4n) is 1.76. The van der Waals surface area contributed by atoms with E-state index in [1.807, 2.05) is 0 Å². The van der Waals surface area contributed by atoms with E-state index in [4.69, 9.17) is 4.42 Å². The summed E-state index contributed by atoms with van der Waals surface area (Å²) < 4.78 is 18.4. The monoisotopic (exact) mass is 290 g/mol. The molecule has 1 aromatic heterocycles. The zero-order valence-electron chi connectivity index (χ0n) is 11.5. The highest BCUT2D eigenvalue weighted by Gasteiger charge is 2.14. The second-order valence-corrected chi connectivity index (χ2v) is 4.50. The van der Waals surface area contributed by atoms with Crippen molar-refractivity contribution in [1.82, 2.24) is 10.2 Å². The summed E-state index contributed by atoms with van der Waals surface area (Å²) >= 11 is 0. The van der Waals surface area contributed by atoms with Crippen LogP contribution in [0.4, 0.5) is 4.39 Å². The molecule has 0 aliphatic carbocycles. The van der Waals surface area contributed by atoms with Gasteiger partial charge in [0, 0.05) is 19.2 Å². The molecule has 0 aliphatic rings. The van der Waals surface area contributed by atoms with Crippen molar-refractivity contribution in [1.29, 1.82) is 0 Å². The maximum Gasteiger partial charge on any atom is 0.287 e. The average Bonchev–Trinajstić information content (AvgIpc) is 3.01. The average molecular weight is 290 g/mol. The highest BCUT2D eigenvalue weighted by molar-refractivity contribution is 5.94. The number of hydrogen-bond acceptors (Lipinski definition) is 3. The molecule has 110 valence electrons. The Balaban J connectivity index is 1.86. The van der Waals surface area contributed by atoms with Gasteiger partial charge in [0.15, 0.2) is 5.76 Å². The van der Waals surface area contributed by atoms with Crippen molar-refractivity contribution in [2.24, 2.45) is 0 Å². The predicted octanol–water partition coefficient (Wildman–Crippen LogP) is 1.81. The molecule has 1 N–H and O–H groups in total. The van der Waals surface area contributed by atoms with Gasteiger partial charge in [0.25, 0.3) is 5.91 Å². The molecular weight excluding hydrogens is 275 g/mol. The molecule has 0 bridgehead atoms. The van der Waals surface area contributed by atoms with Crippen molar-refractivity contribution < 1.29 is 18.4 Å². The smallest absolute Gasteiger partial charge is 0.287 e. The van der Waals surface area contributed by atoms with Crippen LogP contribution in [0.25, 0.3) is 0 Å². The molecule has 0 saturated carbocycles. The van der Waals surface area contributed by atoms with Gasteiger partial charge in [-0.2, -0.15) is 0 Å². The minimum atomic E-state index is -0.465. The fraction of sp³-hybridized carbons (Fsp3) is 0.200. The lowest BCUT2D eigenvalue weighted by Crippen LogP contribution is -2.37. The molecule has 0 spiro atoms. The highest BCUT2D eigenvalue weighted by atomic mass is 19.1. The Kier molecular flexibility index (Phi) is 4.71. The first kappa shape index (κ1) is 14.8. The summed E-state index contributed by atoms with van der Waals surface area (Å²) in [7, 11) is 1.55. The van der Waals surface area contributed by atoms with Gasteiger partial charge in [0.1, 0.15) is 5.82 Å². The van der Waals surface area contributed by atoms with Gasteiger partial charge in [-0.05, 0) is 18.2 Å². The molecule has 5 nitrogen and oxygen atoms in total. The van der Waals surface area contributed by atoms with Crippen molar-refractivity contribution in [3.05, 3.63) is 59.8 Å². The zero-order chi connectivity index (χ0) is 15.2. The van der Waals surface area contributed by atoms with Gasteiger partial charge in [0.05, 0.1) is 12.8 Å². The third-order valence-electron chi connectivity index (χ3n) is 2.94. The van der Waals surface area contributed by atoms with Crippen molar-refractivity contribution in [2.75, 3.05) is 13.6 Å². The third-order valence-corrected chi connectivity index (χ3v) is 2.94. The first-order valence-electron chi connectivity index (χ1n) is 6.37. The van der Waals surface area contributed by atoms with Crippen LogP contribution in [0.2, 0.25) is 0 Å². The number of nitrogens with zero attached hydrogens (tertiary/aromatic N) is 1. The van der Waals surface area contributed by atoms with Gasteiger partial charge in [-0.25, -0.2) is 4.39 Å². The number of nitrogens with one attached hydrogen (secondary N) is 1. The summed E-state index contributed by atoms with van der Waals surface area (Å²) in [4.78, 5) is 24.8. The minimum Gasteiger partial charge on any atom is -0.459 e. The predicted molar refractivity (Wildman–Crippen MR) is 73.9 cm³/mol. The normalized spacial score (nSPS) is 10.2. The van der Waals surface area contributed by atoms with Crippen molar-refractivity contribution >= 4 is 11.8 Å². The van der Waals surface area contributed by atoms with Crippen LogP contribution in [0.15, 0.2) is 47.1 Å². The molecule has 0 unspecified atom stereocenters. The molecule has 2 amide bonds. The Bertz CT molecular complexity index is 626. The second-order valence-electron chi connectivity index (χ2n) is 4.50. The molecule has 0 aliphatic heterocycles. The molecule has 0 radical (unpaired) electrons. The molecular formula is C15H15FN2O3. The van der Waals surface area contributed by atoms with E-state index < -0.39 is 5.91 Å². The van der Waals surface area contributed by atoms with Crippen LogP contribution in [0.5, 0.6) is 0 Å². The topological polar surface area (TPSA) is 62.6 Å². The Morgan fingerprint density at radius 3 is 2.67 bits per heavy atom. The zero-order valence-corrected chi connectivity index (χ0v) is 11.5. The summed E-state index contributed by atoms with van der Waals surface area (Å²) in [5, 5.41) is 2.45. The van der Waals surface area contributed by atoms with Crippen LogP contribution < -0.4 is 5.32 Å². The van der Waals surface area contributed by atoms with E-state index >= 15 is 0 Å². The van der Waals surface area contributed by atoms with E-state index in [-0.39, 0.29) is 30.6 Å². The molecule has 21 heavy (non-hydrogen) atoms. The summed E-state index contributed by atoms with van der Waals surface area (Å²) in [6.45, 7) is -0.0351. The lowest BCUT2D eigenvalue weighted by molar-refractivity contribution is -0.129. The van der Waals surface area contributed by atoms with Gasteiger partial charge in [-0.3, -0.25) is 9.59 Å². The SMILES string of the molecule is CN(Cc1ccccc1F)C(=O)CNC(=O)c1ccco1. The lowest BCUT2D eigenvalue weighted by atomic mass is 10.2. The molecule has 6 heteroatoms. The van der Waals surface area contributed by atoms with E-state index in [9.17, 15) is 14.0 Å². The van der Waals surface area contributed by atoms with E-state index in [0.29, 0.717) is 5.56 Å². The largest absolute Gasteiger partial charge is 0.459 e. The Morgan fingerprint density at radius 1 is 1.24 bits per heavy atom. The molecule has 1 heterocycles. The number of carbonyl (C=O) groups excluding carboxylic acids is 2. The van der Waals surface area contributed by atoms with Crippen LogP contribution >= 0.6 is 0 Å². The number of carbonyl (C=O) groups is 2. The van der Waals surface area contributed by atoms with Crippen LogP contribution in [0.1, 0.15) is 16.1 Å². The van der Waals surface area contributed by atoms with Crippen LogP contribution in [-0.4, -0.2) is 30.3 Å². The molecule has 2 aromatic rings. The first-order chi connectivity index (χ1) is 10.1. The Morgan fingerprint density at radius 2 is 2.00 bits per heavy atom. The maximum atomic E-state index is 13.5. The second kappa shape index (κ2) is 6.69. The van der Waals surface area contributed by atoms with E-state index in [1.165, 1.54) is 23.3 Å². The number of hydrogen-bond donors (Lipinski definition) is 1. The van der Waals surface area contributed by atoms with Crippen molar-refractivity contribution in [3.63, 3.8) is 0 Å². The van der Waals surface area contributed by atoms with Crippen LogP contribution in [0, 0.1) is 5.82 Å². The Hall–Kier alpha value is -2.63. The Labute approximate surface area is 121 Å². The molecule has 0 fully saturated rings. The van der Waals surface area contributed by atoms with Gasteiger partial charge in [-0.1, -0.05) is 18.2 Å². The standard InChI is InChI=1S/C15H15FN2O3/c1-18(10-11-5-2-3-6-12(11)16)14(19)9-17-15(20)13-7-4-8-21-13/h2-8H,9-10H2,1H3,(H,17,20). The van der Waals surface area contributed by atoms with Crippen molar-refractivity contribution in [3.8, 4) is 0 Å². The third kappa shape index (κ3) is 3.92. The van der Waals surface area contributed by atoms with Gasteiger partial charge in [0.2, 0.25) is 5.91 Å². The molecule has 0 saturated heterocycles. The molecule has 2 rings (SSSR count). The van der Waals surface area contributed by atoms with Gasteiger partial charge < -0.3 is 14.6 Å². The maximum absolute atomic E-state index is 13.5. The number of furan rings is 1.